The Bertz CT molecular complexity index is 409. The van der Waals surface area contributed by atoms with E-state index in [9.17, 15) is 0 Å². The lowest BCUT2D eigenvalue weighted by molar-refractivity contribution is -0.156. The van der Waals surface area contributed by atoms with Crippen molar-refractivity contribution in [1.82, 2.24) is 5.32 Å². The topological polar surface area (TPSA) is 69.0 Å². The van der Waals surface area contributed by atoms with E-state index in [0.29, 0.717) is 19.3 Å². The zero-order valence-corrected chi connectivity index (χ0v) is 19.7. The first-order chi connectivity index (χ1) is 13.1. The molecule has 1 saturated heterocycles. The maximum atomic E-state index is 6.60. The van der Waals surface area contributed by atoms with Gasteiger partial charge in [-0.15, -0.1) is 0 Å². The first-order valence-electron chi connectivity index (χ1n) is 11.5. The van der Waals surface area contributed by atoms with E-state index in [4.69, 9.17) is 19.9 Å². The zero-order valence-electron chi connectivity index (χ0n) is 19.7. The van der Waals surface area contributed by atoms with Crippen LogP contribution in [0.15, 0.2) is 0 Å². The quantitative estimate of drug-likeness (QED) is 0.282. The number of unbranched alkanes of at least 4 members (excludes halogenated alkanes) is 4. The van der Waals surface area contributed by atoms with Crippen molar-refractivity contribution in [3.63, 3.8) is 0 Å². The molecule has 0 aromatic carbocycles. The Morgan fingerprint density at radius 1 is 1.14 bits per heavy atom. The lowest BCUT2D eigenvalue weighted by Gasteiger charge is -2.41. The van der Waals surface area contributed by atoms with E-state index in [1.54, 1.807) is 0 Å². The van der Waals surface area contributed by atoms with Crippen LogP contribution in [0, 0.1) is 5.92 Å². The lowest BCUT2D eigenvalue weighted by atomic mass is 9.86. The Labute approximate surface area is 174 Å². The first kappa shape index (κ1) is 25.8. The second-order valence-corrected chi connectivity index (χ2v) is 9.72. The van der Waals surface area contributed by atoms with Gasteiger partial charge in [-0.25, -0.2) is 0 Å². The summed E-state index contributed by atoms with van der Waals surface area (Å²) in [5, 5.41) is 3.37. The van der Waals surface area contributed by atoms with Crippen LogP contribution in [0.4, 0.5) is 0 Å². The van der Waals surface area contributed by atoms with Gasteiger partial charge in [-0.05, 0) is 53.5 Å². The van der Waals surface area contributed by atoms with Gasteiger partial charge in [0.2, 0.25) is 0 Å². The standard InChI is InChI=1S/C23H48N2O3/c1-8-9-10-11-12-13-21(27-17-20-16-26-20)23(6,14-19(3)25-7)28-15-18(2)22(4,5)24/h18-21,25H,8-17,24H2,1-7H3. The molecule has 0 aromatic heterocycles. The fourth-order valence-corrected chi connectivity index (χ4v) is 3.41. The van der Waals surface area contributed by atoms with Gasteiger partial charge in [-0.1, -0.05) is 46.0 Å². The van der Waals surface area contributed by atoms with Gasteiger partial charge < -0.3 is 25.3 Å². The van der Waals surface area contributed by atoms with E-state index in [0.717, 1.165) is 19.4 Å². The molecule has 0 saturated carbocycles. The van der Waals surface area contributed by atoms with Crippen LogP contribution >= 0.6 is 0 Å². The zero-order chi connectivity index (χ0) is 21.2. The highest BCUT2D eigenvalue weighted by molar-refractivity contribution is 4.90. The number of rotatable bonds is 17. The second kappa shape index (κ2) is 12.5. The van der Waals surface area contributed by atoms with Crippen LogP contribution in [0.2, 0.25) is 0 Å². The summed E-state index contributed by atoms with van der Waals surface area (Å²) in [6.45, 7) is 15.1. The van der Waals surface area contributed by atoms with Crippen LogP contribution in [-0.4, -0.2) is 56.3 Å². The molecule has 28 heavy (non-hydrogen) atoms. The molecule has 1 fully saturated rings. The van der Waals surface area contributed by atoms with Crippen LogP contribution in [0.5, 0.6) is 0 Å². The number of hydrogen-bond acceptors (Lipinski definition) is 5. The monoisotopic (exact) mass is 400 g/mol. The highest BCUT2D eigenvalue weighted by Crippen LogP contribution is 2.31. The number of nitrogens with two attached hydrogens (primary N) is 1. The molecule has 0 bridgehead atoms. The molecule has 1 rings (SSSR count). The van der Waals surface area contributed by atoms with E-state index in [1.165, 1.54) is 32.1 Å². The van der Waals surface area contributed by atoms with Gasteiger partial charge in [0, 0.05) is 11.6 Å². The largest absolute Gasteiger partial charge is 0.372 e. The van der Waals surface area contributed by atoms with E-state index >= 15 is 0 Å². The summed E-state index contributed by atoms with van der Waals surface area (Å²) >= 11 is 0. The van der Waals surface area contributed by atoms with Gasteiger partial charge >= 0.3 is 0 Å². The summed E-state index contributed by atoms with van der Waals surface area (Å²) in [7, 11) is 2.01. The highest BCUT2D eigenvalue weighted by Gasteiger charge is 2.39. The van der Waals surface area contributed by atoms with Crippen molar-refractivity contribution >= 4 is 0 Å². The van der Waals surface area contributed by atoms with Crippen molar-refractivity contribution in [3.05, 3.63) is 0 Å². The normalized spacial score (nSPS) is 22.5. The van der Waals surface area contributed by atoms with Crippen molar-refractivity contribution in [2.24, 2.45) is 11.7 Å². The molecule has 3 N–H and O–H groups in total. The van der Waals surface area contributed by atoms with Gasteiger partial charge in [0.1, 0.15) is 6.10 Å². The van der Waals surface area contributed by atoms with Gasteiger partial charge in [0.15, 0.2) is 0 Å². The molecule has 1 aliphatic rings. The molecule has 5 atom stereocenters. The van der Waals surface area contributed by atoms with E-state index in [1.807, 2.05) is 7.05 Å². The molecule has 1 heterocycles. The fourth-order valence-electron chi connectivity index (χ4n) is 3.41. The molecule has 5 heteroatoms. The van der Waals surface area contributed by atoms with Crippen LogP contribution in [-0.2, 0) is 14.2 Å². The maximum absolute atomic E-state index is 6.60. The molecule has 0 spiro atoms. The molecule has 5 unspecified atom stereocenters. The Kier molecular flexibility index (Phi) is 11.5. The van der Waals surface area contributed by atoms with Gasteiger partial charge in [0.25, 0.3) is 0 Å². The van der Waals surface area contributed by atoms with Crippen LogP contribution < -0.4 is 11.1 Å². The van der Waals surface area contributed by atoms with E-state index in [2.05, 4.69) is 46.9 Å². The molecule has 1 aliphatic heterocycles. The summed E-state index contributed by atoms with van der Waals surface area (Å²) in [5.41, 5.74) is 5.70. The van der Waals surface area contributed by atoms with Crippen molar-refractivity contribution in [3.8, 4) is 0 Å². The summed E-state index contributed by atoms with van der Waals surface area (Å²) in [6.07, 6.45) is 8.62. The van der Waals surface area contributed by atoms with Gasteiger partial charge in [-0.2, -0.15) is 0 Å². The van der Waals surface area contributed by atoms with Crippen LogP contribution in [0.25, 0.3) is 0 Å². The third kappa shape index (κ3) is 10.0. The smallest absolute Gasteiger partial charge is 0.104 e. The molecular weight excluding hydrogens is 352 g/mol. The third-order valence-electron chi connectivity index (χ3n) is 6.27. The Morgan fingerprint density at radius 3 is 2.32 bits per heavy atom. The number of ether oxygens (including phenoxy) is 3. The highest BCUT2D eigenvalue weighted by atomic mass is 16.6. The van der Waals surface area contributed by atoms with Crippen molar-refractivity contribution in [1.29, 1.82) is 0 Å². The minimum Gasteiger partial charge on any atom is -0.372 e. The Hall–Kier alpha value is -0.200. The van der Waals surface area contributed by atoms with Gasteiger partial charge in [-0.3, -0.25) is 0 Å². The Morgan fingerprint density at radius 2 is 1.79 bits per heavy atom. The fraction of sp³-hybridized carbons (Fsp3) is 1.00. The Balaban J connectivity index is 2.79. The van der Waals surface area contributed by atoms with E-state index in [-0.39, 0.29) is 29.3 Å². The molecule has 5 nitrogen and oxygen atoms in total. The second-order valence-electron chi connectivity index (χ2n) is 9.72. The van der Waals surface area contributed by atoms with E-state index < -0.39 is 0 Å². The van der Waals surface area contributed by atoms with Crippen LogP contribution in [0.1, 0.15) is 86.5 Å². The summed E-state index contributed by atoms with van der Waals surface area (Å²) < 4.78 is 18.4. The summed E-state index contributed by atoms with van der Waals surface area (Å²) in [6, 6.07) is 0.356. The van der Waals surface area contributed by atoms with Crippen molar-refractivity contribution in [2.75, 3.05) is 26.9 Å². The number of epoxide rings is 1. The minimum atomic E-state index is -0.346. The minimum absolute atomic E-state index is 0.0715. The lowest BCUT2D eigenvalue weighted by Crippen LogP contribution is -2.50. The molecule has 168 valence electrons. The summed E-state index contributed by atoms with van der Waals surface area (Å²) in [5.74, 6) is 0.272. The van der Waals surface area contributed by atoms with Crippen molar-refractivity contribution in [2.45, 2.75) is 116 Å². The maximum Gasteiger partial charge on any atom is 0.104 e. The predicted octanol–water partition coefficient (Wildman–Crippen LogP) is 4.28. The average Bonchev–Trinajstić information content (AvgIpc) is 3.45. The number of nitrogens with one attached hydrogen (secondary N) is 1. The number of hydrogen-bond donors (Lipinski definition) is 2. The molecular formula is C23H48N2O3. The van der Waals surface area contributed by atoms with Gasteiger partial charge in [0.05, 0.1) is 31.5 Å². The molecule has 0 aliphatic carbocycles. The summed E-state index contributed by atoms with van der Waals surface area (Å²) in [4.78, 5) is 0. The average molecular weight is 401 g/mol. The molecule has 0 radical (unpaired) electrons. The third-order valence-corrected chi connectivity index (χ3v) is 6.27. The first-order valence-corrected chi connectivity index (χ1v) is 11.5. The SMILES string of the molecule is CCCCCCCC(OCC1CO1)C(C)(CC(C)NC)OCC(C)C(C)(C)N. The molecule has 0 amide bonds. The van der Waals surface area contributed by atoms with Crippen molar-refractivity contribution < 1.29 is 14.2 Å². The predicted molar refractivity (Wildman–Crippen MR) is 118 cm³/mol. The molecule has 0 aromatic rings. The van der Waals surface area contributed by atoms with Crippen LogP contribution in [0.3, 0.4) is 0 Å².